The molecule has 1 aliphatic carbocycles. The quantitative estimate of drug-likeness (QED) is 0.263. The lowest BCUT2D eigenvalue weighted by molar-refractivity contribution is -0.000442. The Morgan fingerprint density at radius 3 is 1.58 bits per heavy atom. The molecule has 1 saturated carbocycles. The molecule has 0 unspecified atom stereocenters. The van der Waals surface area contributed by atoms with Crippen LogP contribution in [-0.4, -0.2) is 95.6 Å². The van der Waals surface area contributed by atoms with Gasteiger partial charge in [-0.2, -0.15) is 10.2 Å². The normalized spacial score (nSPS) is 17.7. The maximum Gasteiger partial charge on any atom is 0.410 e. The van der Waals surface area contributed by atoms with Crippen LogP contribution in [0.15, 0.2) is 54.1 Å². The molecule has 2 amide bonds. The summed E-state index contributed by atoms with van der Waals surface area (Å²) in [7, 11) is 0. The molecule has 2 saturated heterocycles. The highest BCUT2D eigenvalue weighted by atomic mass is 127. The van der Waals surface area contributed by atoms with Gasteiger partial charge in [-0.15, -0.1) is 12.4 Å². The van der Waals surface area contributed by atoms with E-state index in [1.54, 1.807) is 22.2 Å². The van der Waals surface area contributed by atoms with Gasteiger partial charge in [0.15, 0.2) is 0 Å². The minimum absolute atomic E-state index is 0. The molecule has 0 aromatic carbocycles. The molecule has 11 nitrogen and oxygen atoms in total. The topological polar surface area (TPSA) is 107 Å². The van der Waals surface area contributed by atoms with Crippen LogP contribution in [-0.2, 0) is 9.47 Å². The van der Waals surface area contributed by atoms with Crippen LogP contribution >= 0.6 is 35.0 Å². The zero-order valence-corrected chi connectivity index (χ0v) is 29.1. The molecule has 6 rings (SSSR count). The van der Waals surface area contributed by atoms with Gasteiger partial charge in [-0.25, -0.2) is 9.59 Å². The lowest BCUT2D eigenvalue weighted by atomic mass is 9.93. The van der Waals surface area contributed by atoms with Gasteiger partial charge in [0.25, 0.3) is 0 Å². The zero-order chi connectivity index (χ0) is 30.8. The third-order valence-electron chi connectivity index (χ3n) is 6.41. The summed E-state index contributed by atoms with van der Waals surface area (Å²) in [6, 6.07) is 4.89. The van der Waals surface area contributed by atoms with E-state index in [1.165, 1.54) is 19.3 Å². The Bertz CT molecular complexity index is 1130. The van der Waals surface area contributed by atoms with E-state index in [-0.39, 0.29) is 30.2 Å². The van der Waals surface area contributed by atoms with Crippen LogP contribution in [0.1, 0.15) is 72.9 Å². The minimum Gasteiger partial charge on any atom is -0.444 e. The molecule has 0 bridgehead atoms. The Hall–Kier alpha value is -2.61. The molecule has 0 spiro atoms. The van der Waals surface area contributed by atoms with Crippen LogP contribution in [0.4, 0.5) is 9.59 Å². The lowest BCUT2D eigenvalue weighted by Crippen LogP contribution is -2.52. The second kappa shape index (κ2) is 17.0. The number of allylic oxidation sites excluding steroid dienone is 1. The highest BCUT2D eigenvalue weighted by Gasteiger charge is 2.35. The number of nitrogens with zero attached hydrogens (tertiary/aromatic N) is 7. The summed E-state index contributed by atoms with van der Waals surface area (Å²) in [5, 5.41) is 8.30. The van der Waals surface area contributed by atoms with Gasteiger partial charge < -0.3 is 19.3 Å². The van der Waals surface area contributed by atoms with Crippen molar-refractivity contribution in [3.8, 4) is 0 Å². The SMILES string of the molecule is C1=CCN=C1.CC(C)(C)OC(=O)N1CC(I)C1.CC(C)(C)OC(=O)N1CC(n2cccn2)C1.Cl.c1cnn(C2CCC2)c1. The molecule has 0 atom stereocenters. The number of carbonyl (C=O) groups is 2. The van der Waals surface area contributed by atoms with E-state index in [0.29, 0.717) is 23.1 Å². The maximum atomic E-state index is 11.6. The van der Waals surface area contributed by atoms with E-state index in [0.717, 1.165) is 25.7 Å². The first-order chi connectivity index (χ1) is 19.8. The number of aromatic nitrogens is 4. The summed E-state index contributed by atoms with van der Waals surface area (Å²) in [5.74, 6) is 0. The number of hydrogen-bond donors (Lipinski definition) is 0. The van der Waals surface area contributed by atoms with E-state index >= 15 is 0 Å². The second-order valence-corrected chi connectivity index (χ2v) is 14.3. The predicted octanol–water partition coefficient (Wildman–Crippen LogP) is 6.37. The molecule has 2 aromatic heterocycles. The van der Waals surface area contributed by atoms with Gasteiger partial charge in [0.05, 0.1) is 18.6 Å². The van der Waals surface area contributed by atoms with E-state index < -0.39 is 5.60 Å². The number of amides is 2. The van der Waals surface area contributed by atoms with Crippen LogP contribution < -0.4 is 0 Å². The van der Waals surface area contributed by atoms with Gasteiger partial charge in [-0.3, -0.25) is 14.4 Å². The van der Waals surface area contributed by atoms with Crippen LogP contribution in [0.25, 0.3) is 0 Å². The van der Waals surface area contributed by atoms with Crippen molar-refractivity contribution >= 4 is 53.4 Å². The van der Waals surface area contributed by atoms with Gasteiger partial charge in [0.1, 0.15) is 11.2 Å². The summed E-state index contributed by atoms with van der Waals surface area (Å²) < 4.78 is 15.0. The summed E-state index contributed by atoms with van der Waals surface area (Å²) in [6.07, 6.45) is 16.9. The average Bonchev–Trinajstić information content (AvgIpc) is 3.58. The fourth-order valence-corrected chi connectivity index (χ4v) is 4.90. The largest absolute Gasteiger partial charge is 0.444 e. The fourth-order valence-electron chi connectivity index (χ4n) is 3.95. The maximum absolute atomic E-state index is 11.6. The molecule has 0 N–H and O–H groups in total. The van der Waals surface area contributed by atoms with Crippen molar-refractivity contribution in [2.75, 3.05) is 32.7 Å². The van der Waals surface area contributed by atoms with Crippen molar-refractivity contribution in [1.82, 2.24) is 29.4 Å². The number of aliphatic imine (C=N–C) groups is 1. The fraction of sp³-hybridized carbons (Fsp3) is 0.633. The third kappa shape index (κ3) is 13.3. The molecular formula is C30H47ClIN7O4. The molecular weight excluding hydrogens is 685 g/mol. The Kier molecular flexibility index (Phi) is 14.5. The van der Waals surface area contributed by atoms with Crippen LogP contribution in [0.3, 0.4) is 0 Å². The number of ether oxygens (including phenoxy) is 2. The standard InChI is InChI=1S/C11H17N3O2.C8H14INO2.C7H10N2.C4H5N.ClH/c1-11(2,3)16-10(15)13-7-9(8-13)14-6-4-5-12-14;1-8(2,3)12-7(11)10-4-6(9)5-10;1-3-7(4-1)9-6-2-5-8-9;1-2-4-5-3-1;/h4-6,9H,7-8H2,1-3H3;6H,4-5H2,1-3H3;2,5-7H,1,3-4H2;1-3H,4H2;1H. The van der Waals surface area contributed by atoms with Crippen molar-refractivity contribution in [2.45, 2.75) is 88.0 Å². The smallest absolute Gasteiger partial charge is 0.410 e. The monoisotopic (exact) mass is 731 g/mol. The van der Waals surface area contributed by atoms with Crippen molar-refractivity contribution in [1.29, 1.82) is 0 Å². The van der Waals surface area contributed by atoms with Crippen molar-refractivity contribution in [2.24, 2.45) is 4.99 Å². The van der Waals surface area contributed by atoms with Crippen molar-refractivity contribution < 1.29 is 19.1 Å². The van der Waals surface area contributed by atoms with E-state index in [4.69, 9.17) is 9.47 Å². The molecule has 3 aliphatic heterocycles. The molecule has 0 radical (unpaired) electrons. The van der Waals surface area contributed by atoms with Gasteiger partial charge in [-0.1, -0.05) is 28.7 Å². The van der Waals surface area contributed by atoms with Gasteiger partial charge in [0.2, 0.25) is 0 Å². The van der Waals surface area contributed by atoms with Gasteiger partial charge >= 0.3 is 12.2 Å². The number of rotatable bonds is 2. The number of likely N-dealkylation sites (tertiary alicyclic amines) is 2. The van der Waals surface area contributed by atoms with E-state index in [2.05, 4.69) is 42.5 Å². The summed E-state index contributed by atoms with van der Waals surface area (Å²) >= 11 is 2.33. The highest BCUT2D eigenvalue weighted by Crippen LogP contribution is 2.30. The Morgan fingerprint density at radius 2 is 1.28 bits per heavy atom. The molecule has 2 aromatic rings. The average molecular weight is 732 g/mol. The summed E-state index contributed by atoms with van der Waals surface area (Å²) in [6.45, 7) is 15.2. The lowest BCUT2D eigenvalue weighted by Gasteiger charge is -2.39. The molecule has 13 heteroatoms. The number of carbonyl (C=O) groups excluding carboxylic acids is 2. The minimum atomic E-state index is -0.423. The molecule has 240 valence electrons. The van der Waals surface area contributed by atoms with Crippen molar-refractivity contribution in [3.63, 3.8) is 0 Å². The first-order valence-corrected chi connectivity index (χ1v) is 15.8. The Labute approximate surface area is 275 Å². The number of hydrogen-bond acceptors (Lipinski definition) is 7. The highest BCUT2D eigenvalue weighted by molar-refractivity contribution is 14.1. The first kappa shape index (κ1) is 36.6. The molecule has 5 heterocycles. The molecule has 4 aliphatic rings. The van der Waals surface area contributed by atoms with Crippen LogP contribution in [0, 0.1) is 0 Å². The number of halogens is 2. The number of alkyl halides is 1. The van der Waals surface area contributed by atoms with Crippen LogP contribution in [0.5, 0.6) is 0 Å². The predicted molar refractivity (Wildman–Crippen MR) is 180 cm³/mol. The third-order valence-corrected chi connectivity index (χ3v) is 7.20. The van der Waals surface area contributed by atoms with Gasteiger partial charge in [-0.05, 0) is 79.0 Å². The van der Waals surface area contributed by atoms with E-state index in [9.17, 15) is 9.59 Å². The summed E-state index contributed by atoms with van der Waals surface area (Å²) in [5.41, 5.74) is -0.790. The van der Waals surface area contributed by atoms with Crippen LogP contribution in [0.2, 0.25) is 0 Å². The second-order valence-electron chi connectivity index (χ2n) is 12.5. The summed E-state index contributed by atoms with van der Waals surface area (Å²) in [4.78, 5) is 30.2. The Balaban J connectivity index is 0.000000212. The molecule has 3 fully saturated rings. The van der Waals surface area contributed by atoms with Gasteiger partial charge in [0, 0.05) is 61.1 Å². The Morgan fingerprint density at radius 1 is 0.791 bits per heavy atom. The molecule has 43 heavy (non-hydrogen) atoms. The first-order valence-electron chi connectivity index (χ1n) is 14.5. The zero-order valence-electron chi connectivity index (χ0n) is 26.1. The van der Waals surface area contributed by atoms with Crippen molar-refractivity contribution in [3.05, 3.63) is 49.1 Å². The van der Waals surface area contributed by atoms with E-state index in [1.807, 2.05) is 89.1 Å².